The molecule has 0 aromatic carbocycles. The molecule has 1 nitrogen and oxygen atoms in total. The van der Waals surface area contributed by atoms with Crippen LogP contribution in [0.25, 0.3) is 0 Å². The maximum atomic E-state index is 3.67. The molecule has 0 spiro atoms. The van der Waals surface area contributed by atoms with Crippen molar-refractivity contribution in [3.8, 4) is 0 Å². The Bertz CT molecular complexity index is 123. The molecule has 1 aliphatic rings. The summed E-state index contributed by atoms with van der Waals surface area (Å²) in [5.74, 6) is 0.958. The molecule has 0 aliphatic heterocycles. The first-order valence-electron chi connectivity index (χ1n) is 4.81. The van der Waals surface area contributed by atoms with Gasteiger partial charge in [0.2, 0.25) is 0 Å². The highest BCUT2D eigenvalue weighted by Crippen LogP contribution is 2.28. The van der Waals surface area contributed by atoms with E-state index in [9.17, 15) is 0 Å². The Morgan fingerprint density at radius 3 is 2.27 bits per heavy atom. The molecule has 0 bridgehead atoms. The molecule has 0 aromatic rings. The van der Waals surface area contributed by atoms with Crippen LogP contribution in [0.1, 0.15) is 47.0 Å². The first-order chi connectivity index (χ1) is 5.03. The third kappa shape index (κ3) is 2.48. The number of rotatable bonds is 3. The van der Waals surface area contributed by atoms with Gasteiger partial charge in [0.15, 0.2) is 0 Å². The topological polar surface area (TPSA) is 12.0 Å². The molecule has 0 atom stereocenters. The minimum absolute atomic E-state index is 0.352. The van der Waals surface area contributed by atoms with Gasteiger partial charge in [0.25, 0.3) is 0 Å². The standard InChI is InChI=1S/C10H21N/c1-5-10(3,4)11-9-6-8(2)7-9/h8-9,11H,5-7H2,1-4H3. The summed E-state index contributed by atoms with van der Waals surface area (Å²) < 4.78 is 0. The van der Waals surface area contributed by atoms with E-state index in [-0.39, 0.29) is 0 Å². The fourth-order valence-corrected chi connectivity index (χ4v) is 1.67. The molecule has 66 valence electrons. The SMILES string of the molecule is CCC(C)(C)NC1CC(C)C1. The maximum absolute atomic E-state index is 3.67. The third-order valence-electron chi connectivity index (χ3n) is 2.85. The van der Waals surface area contributed by atoms with Gasteiger partial charge in [-0.25, -0.2) is 0 Å². The molecule has 0 heterocycles. The lowest BCUT2D eigenvalue weighted by Gasteiger charge is -2.39. The molecule has 0 unspecified atom stereocenters. The maximum Gasteiger partial charge on any atom is 0.0125 e. The average molecular weight is 155 g/mol. The summed E-state index contributed by atoms with van der Waals surface area (Å²) in [6.45, 7) is 9.15. The summed E-state index contributed by atoms with van der Waals surface area (Å²) in [4.78, 5) is 0. The molecule has 0 radical (unpaired) electrons. The quantitative estimate of drug-likeness (QED) is 0.660. The molecule has 1 aliphatic carbocycles. The van der Waals surface area contributed by atoms with Gasteiger partial charge < -0.3 is 5.32 Å². The van der Waals surface area contributed by atoms with Crippen molar-refractivity contribution in [2.45, 2.75) is 58.5 Å². The Labute approximate surface area is 70.6 Å². The van der Waals surface area contributed by atoms with Crippen LogP contribution in [-0.2, 0) is 0 Å². The van der Waals surface area contributed by atoms with Crippen molar-refractivity contribution in [1.29, 1.82) is 0 Å². The Morgan fingerprint density at radius 1 is 1.36 bits per heavy atom. The predicted octanol–water partition coefficient (Wildman–Crippen LogP) is 2.56. The first kappa shape index (κ1) is 9.05. The number of hydrogen-bond donors (Lipinski definition) is 1. The van der Waals surface area contributed by atoms with Gasteiger partial charge in [0, 0.05) is 11.6 Å². The smallest absolute Gasteiger partial charge is 0.0125 e. The molecule has 1 rings (SSSR count). The molecular weight excluding hydrogens is 134 g/mol. The van der Waals surface area contributed by atoms with E-state index in [1.54, 1.807) is 0 Å². The summed E-state index contributed by atoms with van der Waals surface area (Å²) in [5.41, 5.74) is 0.352. The Balaban J connectivity index is 2.21. The zero-order valence-corrected chi connectivity index (χ0v) is 8.28. The van der Waals surface area contributed by atoms with Crippen LogP contribution in [0.15, 0.2) is 0 Å². The Kier molecular flexibility index (Phi) is 2.58. The van der Waals surface area contributed by atoms with Gasteiger partial charge in [0.1, 0.15) is 0 Å². The van der Waals surface area contributed by atoms with Crippen molar-refractivity contribution in [3.63, 3.8) is 0 Å². The largest absolute Gasteiger partial charge is 0.309 e. The number of nitrogens with one attached hydrogen (secondary N) is 1. The van der Waals surface area contributed by atoms with Crippen LogP contribution in [0, 0.1) is 5.92 Å². The van der Waals surface area contributed by atoms with Crippen LogP contribution in [-0.4, -0.2) is 11.6 Å². The van der Waals surface area contributed by atoms with Crippen LogP contribution >= 0.6 is 0 Å². The lowest BCUT2D eigenvalue weighted by atomic mass is 9.80. The molecular formula is C10H21N. The lowest BCUT2D eigenvalue weighted by molar-refractivity contribution is 0.189. The van der Waals surface area contributed by atoms with Crippen LogP contribution in [0.2, 0.25) is 0 Å². The highest BCUT2D eigenvalue weighted by atomic mass is 15.0. The normalized spacial score (nSPS) is 31.6. The van der Waals surface area contributed by atoms with Gasteiger partial charge in [-0.2, -0.15) is 0 Å². The Hall–Kier alpha value is -0.0400. The van der Waals surface area contributed by atoms with Crippen LogP contribution in [0.3, 0.4) is 0 Å². The van der Waals surface area contributed by atoms with Crippen molar-refractivity contribution in [2.75, 3.05) is 0 Å². The molecule has 11 heavy (non-hydrogen) atoms. The van der Waals surface area contributed by atoms with E-state index in [0.717, 1.165) is 12.0 Å². The minimum atomic E-state index is 0.352. The van der Waals surface area contributed by atoms with E-state index in [1.165, 1.54) is 19.3 Å². The minimum Gasteiger partial charge on any atom is -0.309 e. The van der Waals surface area contributed by atoms with E-state index < -0.39 is 0 Å². The molecule has 1 N–H and O–H groups in total. The van der Waals surface area contributed by atoms with E-state index in [2.05, 4.69) is 33.0 Å². The van der Waals surface area contributed by atoms with E-state index >= 15 is 0 Å². The molecule has 1 saturated carbocycles. The summed E-state index contributed by atoms with van der Waals surface area (Å²) in [6, 6.07) is 0.806. The van der Waals surface area contributed by atoms with Crippen molar-refractivity contribution in [2.24, 2.45) is 5.92 Å². The van der Waals surface area contributed by atoms with Gasteiger partial charge >= 0.3 is 0 Å². The summed E-state index contributed by atoms with van der Waals surface area (Å²) in [7, 11) is 0. The van der Waals surface area contributed by atoms with Crippen LogP contribution in [0.4, 0.5) is 0 Å². The summed E-state index contributed by atoms with van der Waals surface area (Å²) in [5, 5.41) is 3.67. The first-order valence-corrected chi connectivity index (χ1v) is 4.81. The fraction of sp³-hybridized carbons (Fsp3) is 1.00. The third-order valence-corrected chi connectivity index (χ3v) is 2.85. The Morgan fingerprint density at radius 2 is 1.91 bits per heavy atom. The van der Waals surface area contributed by atoms with Gasteiger partial charge in [-0.05, 0) is 39.0 Å². The van der Waals surface area contributed by atoms with Crippen LogP contribution < -0.4 is 5.32 Å². The van der Waals surface area contributed by atoms with Crippen molar-refractivity contribution >= 4 is 0 Å². The van der Waals surface area contributed by atoms with Crippen molar-refractivity contribution in [3.05, 3.63) is 0 Å². The molecule has 0 aromatic heterocycles. The van der Waals surface area contributed by atoms with Gasteiger partial charge in [-0.3, -0.25) is 0 Å². The number of hydrogen-bond acceptors (Lipinski definition) is 1. The lowest BCUT2D eigenvalue weighted by Crippen LogP contribution is -2.50. The molecule has 0 amide bonds. The second-order valence-corrected chi connectivity index (χ2v) is 4.66. The fourth-order valence-electron chi connectivity index (χ4n) is 1.67. The van der Waals surface area contributed by atoms with Gasteiger partial charge in [0.05, 0.1) is 0 Å². The monoisotopic (exact) mass is 155 g/mol. The molecule has 1 fully saturated rings. The summed E-state index contributed by atoms with van der Waals surface area (Å²) in [6.07, 6.45) is 3.98. The van der Waals surface area contributed by atoms with Gasteiger partial charge in [-0.15, -0.1) is 0 Å². The van der Waals surface area contributed by atoms with Crippen molar-refractivity contribution in [1.82, 2.24) is 5.32 Å². The summed E-state index contributed by atoms with van der Waals surface area (Å²) >= 11 is 0. The molecule has 0 saturated heterocycles. The van der Waals surface area contributed by atoms with Gasteiger partial charge in [-0.1, -0.05) is 13.8 Å². The molecule has 1 heteroatoms. The predicted molar refractivity (Wildman–Crippen MR) is 49.7 cm³/mol. The average Bonchev–Trinajstić information content (AvgIpc) is 1.84. The second-order valence-electron chi connectivity index (χ2n) is 4.66. The second kappa shape index (κ2) is 3.14. The highest BCUT2D eigenvalue weighted by molar-refractivity contribution is 4.88. The van der Waals surface area contributed by atoms with Crippen molar-refractivity contribution < 1.29 is 0 Å². The van der Waals surface area contributed by atoms with E-state index in [4.69, 9.17) is 0 Å². The highest BCUT2D eigenvalue weighted by Gasteiger charge is 2.29. The zero-order chi connectivity index (χ0) is 8.48. The van der Waals surface area contributed by atoms with E-state index in [1.807, 2.05) is 0 Å². The zero-order valence-electron chi connectivity index (χ0n) is 8.28. The van der Waals surface area contributed by atoms with Crippen LogP contribution in [0.5, 0.6) is 0 Å². The van der Waals surface area contributed by atoms with E-state index in [0.29, 0.717) is 5.54 Å².